The summed E-state index contributed by atoms with van der Waals surface area (Å²) < 4.78 is 17.3. The van der Waals surface area contributed by atoms with Crippen LogP contribution in [0.25, 0.3) is 0 Å². The number of rotatable bonds is 10. The Labute approximate surface area is 147 Å². The third kappa shape index (κ3) is 7.32. The van der Waals surface area contributed by atoms with E-state index in [1.165, 1.54) is 0 Å². The molecule has 5 nitrogen and oxygen atoms in total. The molecule has 3 unspecified atom stereocenters. The molecule has 0 saturated carbocycles. The summed E-state index contributed by atoms with van der Waals surface area (Å²) in [5.74, 6) is -0.177. The summed E-state index contributed by atoms with van der Waals surface area (Å²) in [6.45, 7) is 9.72. The Morgan fingerprint density at radius 2 is 2.08 bits per heavy atom. The molecule has 0 aromatic heterocycles. The van der Waals surface area contributed by atoms with E-state index in [-0.39, 0.29) is 30.6 Å². The maximum atomic E-state index is 11.3. The van der Waals surface area contributed by atoms with Crippen LogP contribution in [-0.4, -0.2) is 55.6 Å². The lowest BCUT2D eigenvalue weighted by Gasteiger charge is -2.38. The van der Waals surface area contributed by atoms with E-state index in [0.29, 0.717) is 12.5 Å². The number of nitrogens with zero attached hydrogens (tertiary/aromatic N) is 1. The van der Waals surface area contributed by atoms with Crippen molar-refractivity contribution in [1.29, 1.82) is 0 Å². The highest BCUT2D eigenvalue weighted by atomic mass is 16.7. The van der Waals surface area contributed by atoms with Crippen molar-refractivity contribution in [2.45, 2.75) is 89.9 Å². The molecule has 140 valence electrons. The number of ether oxygens (including phenoxy) is 3. The van der Waals surface area contributed by atoms with E-state index in [2.05, 4.69) is 39.4 Å². The molecule has 0 spiro atoms. The van der Waals surface area contributed by atoms with Gasteiger partial charge in [0.1, 0.15) is 6.10 Å². The van der Waals surface area contributed by atoms with Gasteiger partial charge in [0.25, 0.3) is 0 Å². The van der Waals surface area contributed by atoms with Gasteiger partial charge in [0, 0.05) is 12.5 Å². The summed E-state index contributed by atoms with van der Waals surface area (Å²) in [6, 6.07) is 0.460. The summed E-state index contributed by atoms with van der Waals surface area (Å²) >= 11 is 0. The molecule has 1 heterocycles. The van der Waals surface area contributed by atoms with Crippen molar-refractivity contribution in [3.63, 3.8) is 0 Å². The SMILES string of the molecule is C=C[C@@H](CCC[C@@H](C)OC1CCC(N(C)C)C(C)O1)OC(=O)CC. The monoisotopic (exact) mass is 341 g/mol. The minimum atomic E-state index is -0.198. The average Bonchev–Trinajstić information content (AvgIpc) is 2.53. The van der Waals surface area contributed by atoms with Crippen LogP contribution in [-0.2, 0) is 19.0 Å². The van der Waals surface area contributed by atoms with Crippen LogP contribution in [0.3, 0.4) is 0 Å². The molecule has 5 heteroatoms. The molecule has 0 aromatic carbocycles. The first-order valence-electron chi connectivity index (χ1n) is 9.16. The second-order valence-electron chi connectivity index (χ2n) is 6.87. The third-order valence-electron chi connectivity index (χ3n) is 4.59. The largest absolute Gasteiger partial charge is 0.458 e. The normalized spacial score (nSPS) is 26.8. The predicted octanol–water partition coefficient (Wildman–Crippen LogP) is 3.52. The fourth-order valence-corrected chi connectivity index (χ4v) is 3.13. The number of esters is 1. The van der Waals surface area contributed by atoms with E-state index < -0.39 is 0 Å². The Morgan fingerprint density at radius 1 is 1.38 bits per heavy atom. The van der Waals surface area contributed by atoms with E-state index in [1.807, 2.05) is 0 Å². The van der Waals surface area contributed by atoms with Gasteiger partial charge in [-0.05, 0) is 60.0 Å². The van der Waals surface area contributed by atoms with Crippen molar-refractivity contribution >= 4 is 5.97 Å². The fraction of sp³-hybridized carbons (Fsp3) is 0.842. The minimum absolute atomic E-state index is 0.112. The fourth-order valence-electron chi connectivity index (χ4n) is 3.13. The summed E-state index contributed by atoms with van der Waals surface area (Å²) in [5, 5.41) is 0. The summed E-state index contributed by atoms with van der Waals surface area (Å²) in [5.41, 5.74) is 0. The Morgan fingerprint density at radius 3 is 2.62 bits per heavy atom. The van der Waals surface area contributed by atoms with Crippen molar-refractivity contribution in [2.75, 3.05) is 14.1 Å². The van der Waals surface area contributed by atoms with Crippen molar-refractivity contribution in [2.24, 2.45) is 0 Å². The van der Waals surface area contributed by atoms with E-state index in [1.54, 1.807) is 13.0 Å². The number of hydrogen-bond acceptors (Lipinski definition) is 5. The average molecular weight is 341 g/mol. The molecule has 0 bridgehead atoms. The Kier molecular flexibility index (Phi) is 9.56. The van der Waals surface area contributed by atoms with Gasteiger partial charge in [0.15, 0.2) is 6.29 Å². The topological polar surface area (TPSA) is 48.0 Å². The molecule has 24 heavy (non-hydrogen) atoms. The molecule has 0 radical (unpaired) electrons. The summed E-state index contributed by atoms with van der Waals surface area (Å²) in [6.07, 6.45) is 6.76. The van der Waals surface area contributed by atoms with E-state index in [9.17, 15) is 4.79 Å². The molecule has 0 aliphatic carbocycles. The predicted molar refractivity (Wildman–Crippen MR) is 95.8 cm³/mol. The van der Waals surface area contributed by atoms with Gasteiger partial charge >= 0.3 is 5.97 Å². The van der Waals surface area contributed by atoms with Gasteiger partial charge in [0.05, 0.1) is 12.2 Å². The highest BCUT2D eigenvalue weighted by Crippen LogP contribution is 2.24. The first-order valence-corrected chi connectivity index (χ1v) is 9.16. The zero-order chi connectivity index (χ0) is 18.1. The number of carbonyl (C=O) groups is 1. The van der Waals surface area contributed by atoms with E-state index in [0.717, 1.165) is 32.1 Å². The van der Waals surface area contributed by atoms with Crippen molar-refractivity contribution in [1.82, 2.24) is 4.90 Å². The Bertz CT molecular complexity index is 386. The van der Waals surface area contributed by atoms with Gasteiger partial charge < -0.3 is 19.1 Å². The van der Waals surface area contributed by atoms with Crippen LogP contribution in [0.15, 0.2) is 12.7 Å². The van der Waals surface area contributed by atoms with Crippen molar-refractivity contribution < 1.29 is 19.0 Å². The molecule has 0 N–H and O–H groups in total. The van der Waals surface area contributed by atoms with Crippen LogP contribution in [0, 0.1) is 0 Å². The number of likely N-dealkylation sites (N-methyl/N-ethyl adjacent to an activating group) is 1. The van der Waals surface area contributed by atoms with Gasteiger partial charge in [-0.15, -0.1) is 0 Å². The quantitative estimate of drug-likeness (QED) is 0.449. The Balaban J connectivity index is 2.25. The Hall–Kier alpha value is -0.910. The van der Waals surface area contributed by atoms with Crippen LogP contribution in [0.1, 0.15) is 59.3 Å². The lowest BCUT2D eigenvalue weighted by atomic mass is 10.0. The van der Waals surface area contributed by atoms with Crippen molar-refractivity contribution in [3.8, 4) is 0 Å². The lowest BCUT2D eigenvalue weighted by molar-refractivity contribution is -0.222. The van der Waals surface area contributed by atoms with Gasteiger partial charge in [-0.3, -0.25) is 4.79 Å². The maximum Gasteiger partial charge on any atom is 0.306 e. The van der Waals surface area contributed by atoms with Gasteiger partial charge in [-0.1, -0.05) is 19.6 Å². The van der Waals surface area contributed by atoms with Gasteiger partial charge in [0.2, 0.25) is 0 Å². The molecule has 5 atom stereocenters. The first-order chi connectivity index (χ1) is 11.4. The molecular weight excluding hydrogens is 306 g/mol. The van der Waals surface area contributed by atoms with Gasteiger partial charge in [-0.2, -0.15) is 0 Å². The highest BCUT2D eigenvalue weighted by molar-refractivity contribution is 5.69. The van der Waals surface area contributed by atoms with Crippen LogP contribution in [0.4, 0.5) is 0 Å². The first kappa shape index (κ1) is 21.1. The summed E-state index contributed by atoms with van der Waals surface area (Å²) in [7, 11) is 4.19. The van der Waals surface area contributed by atoms with E-state index in [4.69, 9.17) is 14.2 Å². The van der Waals surface area contributed by atoms with Crippen molar-refractivity contribution in [3.05, 3.63) is 12.7 Å². The molecule has 1 rings (SSSR count). The zero-order valence-corrected chi connectivity index (χ0v) is 16.0. The zero-order valence-electron chi connectivity index (χ0n) is 16.0. The molecule has 1 aliphatic heterocycles. The molecule has 0 aromatic rings. The standard InChI is InChI=1S/C19H35NO4/c1-7-16(24-18(21)8-2)11-9-10-14(3)22-19-13-12-17(20(5)6)15(4)23-19/h7,14-17,19H,1,8-13H2,2-6H3/t14-,15?,16+,17?,19?/m1/s1. The molecule has 1 saturated heterocycles. The van der Waals surface area contributed by atoms with Crippen LogP contribution < -0.4 is 0 Å². The molecule has 1 fully saturated rings. The maximum absolute atomic E-state index is 11.3. The highest BCUT2D eigenvalue weighted by Gasteiger charge is 2.30. The smallest absolute Gasteiger partial charge is 0.306 e. The second-order valence-corrected chi connectivity index (χ2v) is 6.87. The van der Waals surface area contributed by atoms with Crippen LogP contribution >= 0.6 is 0 Å². The van der Waals surface area contributed by atoms with Gasteiger partial charge in [-0.25, -0.2) is 0 Å². The van der Waals surface area contributed by atoms with Crippen LogP contribution in [0.5, 0.6) is 0 Å². The summed E-state index contributed by atoms with van der Waals surface area (Å²) in [4.78, 5) is 13.6. The number of hydrogen-bond donors (Lipinski definition) is 0. The molecule has 0 amide bonds. The molecule has 1 aliphatic rings. The lowest BCUT2D eigenvalue weighted by Crippen LogP contribution is -2.46. The minimum Gasteiger partial charge on any atom is -0.458 e. The van der Waals surface area contributed by atoms with E-state index >= 15 is 0 Å². The number of carbonyl (C=O) groups excluding carboxylic acids is 1. The third-order valence-corrected chi connectivity index (χ3v) is 4.59. The van der Waals surface area contributed by atoms with Crippen LogP contribution in [0.2, 0.25) is 0 Å². The molecular formula is C19H35NO4. The second kappa shape index (κ2) is 10.9.